The number of aryl methyl sites for hydroxylation is 1. The molecule has 6 rings (SSSR count). The molecule has 0 amide bonds. The van der Waals surface area contributed by atoms with Crippen molar-refractivity contribution >= 4 is 49.3 Å². The molecule has 0 spiro atoms. The van der Waals surface area contributed by atoms with Gasteiger partial charge in [0.1, 0.15) is 11.9 Å². The van der Waals surface area contributed by atoms with Crippen LogP contribution in [0, 0.1) is 13.0 Å². The number of rotatable bonds is 3. The minimum Gasteiger partial charge on any atom is -0.512 e. The van der Waals surface area contributed by atoms with E-state index in [1.165, 1.54) is 30.4 Å². The van der Waals surface area contributed by atoms with Gasteiger partial charge in [0.2, 0.25) is 0 Å². The molecule has 0 fully saturated rings. The predicted octanol–water partition coefficient (Wildman–Crippen LogP) is 8.07. The molecule has 0 bridgehead atoms. The van der Waals surface area contributed by atoms with Gasteiger partial charge in [-0.15, -0.1) is 29.0 Å². The molecule has 0 aliphatic heterocycles. The van der Waals surface area contributed by atoms with Gasteiger partial charge in [0, 0.05) is 46.8 Å². The van der Waals surface area contributed by atoms with Crippen LogP contribution in [0.4, 0.5) is 0 Å². The Morgan fingerprint density at radius 1 is 1.00 bits per heavy atom. The van der Waals surface area contributed by atoms with Crippen LogP contribution in [0.1, 0.15) is 19.4 Å². The number of carbonyl (C=O) groups is 1. The number of allylic oxidation sites excluding steroid dienone is 2. The Hall–Kier alpha value is -3.64. The number of nitrogens with zero attached hydrogens (tertiary/aromatic N) is 2. The molecule has 1 N–H and O–H groups in total. The van der Waals surface area contributed by atoms with Crippen LogP contribution in [0.2, 0.25) is 0 Å². The van der Waals surface area contributed by atoms with Gasteiger partial charge in [0.25, 0.3) is 0 Å². The third kappa shape index (κ3) is 5.54. The fourth-order valence-corrected chi connectivity index (χ4v) is 5.25. The molecule has 0 saturated heterocycles. The predicted molar refractivity (Wildman–Crippen MR) is 146 cm³/mol. The molecule has 187 valence electrons. The summed E-state index contributed by atoms with van der Waals surface area (Å²) >= 11 is 1.71. The van der Waals surface area contributed by atoms with E-state index in [9.17, 15) is 4.79 Å². The summed E-state index contributed by atoms with van der Waals surface area (Å²) in [5, 5.41) is 10.6. The number of ketones is 1. The normalized spacial score (nSPS) is 11.3. The van der Waals surface area contributed by atoms with Crippen molar-refractivity contribution in [3.05, 3.63) is 96.5 Å². The maximum absolute atomic E-state index is 10.0. The van der Waals surface area contributed by atoms with Crippen molar-refractivity contribution in [1.29, 1.82) is 0 Å². The third-order valence-corrected chi connectivity index (χ3v) is 6.74. The quantitative estimate of drug-likeness (QED) is 0.116. The second-order valence-corrected chi connectivity index (χ2v) is 9.53. The molecule has 0 aliphatic rings. The summed E-state index contributed by atoms with van der Waals surface area (Å²) < 4.78 is 7.30. The van der Waals surface area contributed by atoms with Gasteiger partial charge in [-0.1, -0.05) is 66.4 Å². The fraction of sp³-hybridized carbons (Fsp3) is 0.100. The van der Waals surface area contributed by atoms with E-state index in [0.717, 1.165) is 49.0 Å². The van der Waals surface area contributed by atoms with Gasteiger partial charge in [-0.2, -0.15) is 0 Å². The maximum atomic E-state index is 10.0. The zero-order valence-electron chi connectivity index (χ0n) is 20.4. The average Bonchev–Trinajstić information content (AvgIpc) is 3.45. The third-order valence-electron chi connectivity index (χ3n) is 5.56. The van der Waals surface area contributed by atoms with Crippen LogP contribution in [0.15, 0.2) is 89.3 Å². The van der Waals surface area contributed by atoms with Gasteiger partial charge in [0.05, 0.1) is 16.9 Å². The van der Waals surface area contributed by atoms with Gasteiger partial charge in [-0.05, 0) is 31.5 Å². The first-order valence-corrected chi connectivity index (χ1v) is 12.2. The molecule has 3 aromatic carbocycles. The van der Waals surface area contributed by atoms with E-state index < -0.39 is 0 Å². The summed E-state index contributed by atoms with van der Waals surface area (Å²) in [4.78, 5) is 20.4. The van der Waals surface area contributed by atoms with Crippen LogP contribution in [0.3, 0.4) is 0 Å². The molecule has 37 heavy (non-hydrogen) atoms. The number of hydrogen-bond donors (Lipinski definition) is 1. The summed E-state index contributed by atoms with van der Waals surface area (Å²) in [6.45, 7) is 4.91. The van der Waals surface area contributed by atoms with Crippen molar-refractivity contribution in [3.63, 3.8) is 0 Å². The van der Waals surface area contributed by atoms with E-state index in [1.54, 1.807) is 17.7 Å². The SMILES string of the molecule is CC(=O)/C=C(/C)O.Cc1[c-]c(-c2ncnc3cc(-c4ccccc4)sc23)c2oc3ccccc3c2c1.[Ir]. The molecule has 0 atom stereocenters. The van der Waals surface area contributed by atoms with Gasteiger partial charge < -0.3 is 9.52 Å². The van der Waals surface area contributed by atoms with Gasteiger partial charge in [-0.25, -0.2) is 4.98 Å². The Labute approximate surface area is 231 Å². The summed E-state index contributed by atoms with van der Waals surface area (Å²) in [5.41, 5.74) is 6.66. The number of fused-ring (bicyclic) bond motifs is 4. The van der Waals surface area contributed by atoms with Crippen LogP contribution < -0.4 is 0 Å². The second-order valence-electron chi connectivity index (χ2n) is 8.48. The van der Waals surface area contributed by atoms with Gasteiger partial charge in [0.15, 0.2) is 5.78 Å². The topological polar surface area (TPSA) is 76.2 Å². The number of para-hydroxylation sites is 1. The molecule has 5 nitrogen and oxygen atoms in total. The van der Waals surface area contributed by atoms with Gasteiger partial charge in [-0.3, -0.25) is 9.78 Å². The van der Waals surface area contributed by atoms with Crippen LogP contribution in [-0.2, 0) is 24.9 Å². The second kappa shape index (κ2) is 11.2. The van der Waals surface area contributed by atoms with Crippen molar-refractivity contribution in [3.8, 4) is 21.7 Å². The Morgan fingerprint density at radius 2 is 1.73 bits per heavy atom. The Morgan fingerprint density at radius 3 is 2.43 bits per heavy atom. The van der Waals surface area contributed by atoms with E-state index in [1.807, 2.05) is 24.3 Å². The Bertz CT molecular complexity index is 1750. The van der Waals surface area contributed by atoms with Crippen LogP contribution >= 0.6 is 11.3 Å². The Kier molecular flexibility index (Phi) is 7.98. The molecule has 0 unspecified atom stereocenters. The van der Waals surface area contributed by atoms with E-state index in [-0.39, 0.29) is 31.6 Å². The summed E-state index contributed by atoms with van der Waals surface area (Å²) in [5.74, 6) is -0.0625. The van der Waals surface area contributed by atoms with E-state index in [2.05, 4.69) is 65.4 Å². The first-order valence-electron chi connectivity index (χ1n) is 11.4. The number of thiophene rings is 1. The number of hydrogen-bond acceptors (Lipinski definition) is 6. The summed E-state index contributed by atoms with van der Waals surface area (Å²) in [7, 11) is 0. The molecule has 1 radical (unpaired) electrons. The molecular weight excluding hydrogens is 661 g/mol. The van der Waals surface area contributed by atoms with Crippen molar-refractivity contribution in [2.75, 3.05) is 0 Å². The van der Waals surface area contributed by atoms with Crippen molar-refractivity contribution in [2.24, 2.45) is 0 Å². The zero-order valence-corrected chi connectivity index (χ0v) is 23.6. The van der Waals surface area contributed by atoms with Crippen molar-refractivity contribution in [1.82, 2.24) is 9.97 Å². The minimum atomic E-state index is -0.125. The molecule has 0 saturated carbocycles. The van der Waals surface area contributed by atoms with E-state index in [4.69, 9.17) is 9.52 Å². The largest absolute Gasteiger partial charge is 0.512 e. The van der Waals surface area contributed by atoms with Crippen LogP contribution in [0.5, 0.6) is 0 Å². The first-order chi connectivity index (χ1) is 17.4. The number of furan rings is 1. The molecule has 3 aromatic heterocycles. The number of aliphatic hydroxyl groups excluding tert-OH is 1. The zero-order chi connectivity index (χ0) is 25.2. The Balaban J connectivity index is 0.000000356. The molecule has 0 aliphatic carbocycles. The fourth-order valence-electron chi connectivity index (χ4n) is 4.14. The first kappa shape index (κ1) is 26.4. The average molecular weight is 684 g/mol. The molecular formula is C30H23IrN2O3S-. The number of carbonyl (C=O) groups excluding carboxylic acids is 1. The summed E-state index contributed by atoms with van der Waals surface area (Å²) in [6, 6.07) is 26.3. The summed E-state index contributed by atoms with van der Waals surface area (Å²) in [6.07, 6.45) is 2.80. The standard InChI is InChI=1S/C25H15N2OS.C5H8O2.Ir/c1-15-11-18-17-9-5-6-10-21(17)28-24(18)19(12-15)23-25-20(26-14-27-23)13-22(29-25)16-7-3-2-4-8-16;1-4(6)3-5(2)7;/h2-11,13-14H,1H3;3,6H,1-2H3;/q-1;;/b;4-3-;. The number of benzene rings is 3. The van der Waals surface area contributed by atoms with E-state index in [0.29, 0.717) is 0 Å². The molecule has 7 heteroatoms. The van der Waals surface area contributed by atoms with E-state index >= 15 is 0 Å². The number of aromatic nitrogens is 2. The number of aliphatic hydroxyl groups is 1. The monoisotopic (exact) mass is 684 g/mol. The van der Waals surface area contributed by atoms with Gasteiger partial charge >= 0.3 is 0 Å². The van der Waals surface area contributed by atoms with Crippen molar-refractivity contribution in [2.45, 2.75) is 20.8 Å². The maximum Gasteiger partial charge on any atom is 0.155 e. The minimum absolute atomic E-state index is 0. The van der Waals surface area contributed by atoms with Crippen LogP contribution in [0.25, 0.3) is 53.9 Å². The van der Waals surface area contributed by atoms with Crippen molar-refractivity contribution < 1.29 is 34.4 Å². The molecule has 6 aromatic rings. The van der Waals surface area contributed by atoms with Crippen LogP contribution in [-0.4, -0.2) is 20.9 Å². The molecule has 3 heterocycles. The smallest absolute Gasteiger partial charge is 0.155 e.